The average molecular weight is 299 g/mol. The minimum absolute atomic E-state index is 0.358. The molecule has 3 N–H and O–H groups in total. The molecule has 0 aliphatic heterocycles. The molecule has 22 heavy (non-hydrogen) atoms. The van der Waals surface area contributed by atoms with Gasteiger partial charge in [-0.2, -0.15) is 5.10 Å². The highest BCUT2D eigenvalue weighted by Crippen LogP contribution is 2.06. The zero-order chi connectivity index (χ0) is 15.8. The van der Waals surface area contributed by atoms with Crippen LogP contribution in [0.2, 0.25) is 0 Å². The third kappa shape index (κ3) is 4.43. The maximum atomic E-state index is 11.8. The number of amides is 2. The summed E-state index contributed by atoms with van der Waals surface area (Å²) in [6.45, 7) is 0. The molecular formula is C15H13N3O4. The largest absolute Gasteiger partial charge is 0.472 e. The Labute approximate surface area is 125 Å². The monoisotopic (exact) mass is 299 g/mol. The van der Waals surface area contributed by atoms with Crippen molar-refractivity contribution in [1.82, 2.24) is 10.9 Å². The molecule has 0 radical (unpaired) electrons. The van der Waals surface area contributed by atoms with Crippen molar-refractivity contribution < 1.29 is 19.2 Å². The average Bonchev–Trinajstić information content (AvgIpc) is 3.06. The van der Waals surface area contributed by atoms with Gasteiger partial charge in [0.1, 0.15) is 0 Å². The Morgan fingerprint density at radius 1 is 1.14 bits per heavy atom. The number of nitrogens with zero attached hydrogens (tertiary/aromatic N) is 1. The fourth-order valence-electron chi connectivity index (χ4n) is 1.53. The lowest BCUT2D eigenvalue weighted by molar-refractivity contribution is -0.124. The molecule has 0 saturated carbocycles. The number of rotatable bonds is 5. The first-order chi connectivity index (χ1) is 10.7. The number of hydrogen-bond donors (Lipinski definition) is 3. The Kier molecular flexibility index (Phi) is 5.22. The normalized spacial score (nSPS) is 11.0. The lowest BCUT2D eigenvalue weighted by Gasteiger charge is -2.00. The molecule has 0 aliphatic carbocycles. The van der Waals surface area contributed by atoms with E-state index in [1.807, 2.05) is 0 Å². The highest BCUT2D eigenvalue weighted by molar-refractivity contribution is 5.95. The van der Waals surface area contributed by atoms with Gasteiger partial charge < -0.3 is 4.42 Å². The summed E-state index contributed by atoms with van der Waals surface area (Å²) in [6.07, 6.45) is 7.15. The summed E-state index contributed by atoms with van der Waals surface area (Å²) in [7, 11) is 0. The van der Waals surface area contributed by atoms with Gasteiger partial charge in [-0.1, -0.05) is 12.1 Å². The topological polar surface area (TPSA) is 104 Å². The first kappa shape index (κ1) is 15.2. The highest BCUT2D eigenvalue weighted by Gasteiger charge is 2.03. The van der Waals surface area contributed by atoms with Gasteiger partial charge in [-0.05, 0) is 29.8 Å². The van der Waals surface area contributed by atoms with Crippen LogP contribution in [0.1, 0.15) is 21.5 Å². The zero-order valence-electron chi connectivity index (χ0n) is 11.4. The van der Waals surface area contributed by atoms with E-state index in [0.717, 1.165) is 5.56 Å². The summed E-state index contributed by atoms with van der Waals surface area (Å²) in [6, 6.07) is 8.23. The molecule has 7 nitrogen and oxygen atoms in total. The molecule has 0 saturated heterocycles. The predicted molar refractivity (Wildman–Crippen MR) is 79.2 cm³/mol. The van der Waals surface area contributed by atoms with Crippen molar-refractivity contribution in [2.45, 2.75) is 0 Å². The van der Waals surface area contributed by atoms with Gasteiger partial charge in [0.05, 0.1) is 18.7 Å². The number of carbonyl (C=O) groups excluding carboxylic acids is 2. The molecule has 7 heteroatoms. The van der Waals surface area contributed by atoms with Crippen molar-refractivity contribution in [3.63, 3.8) is 0 Å². The van der Waals surface area contributed by atoms with Crippen LogP contribution in [-0.4, -0.2) is 23.2 Å². The summed E-state index contributed by atoms with van der Waals surface area (Å²) in [5.74, 6) is -0.987. The van der Waals surface area contributed by atoms with Gasteiger partial charge >= 0.3 is 0 Å². The summed E-state index contributed by atoms with van der Waals surface area (Å²) < 4.78 is 4.86. The van der Waals surface area contributed by atoms with E-state index in [4.69, 9.17) is 9.62 Å². The summed E-state index contributed by atoms with van der Waals surface area (Å²) >= 11 is 0. The molecular weight excluding hydrogens is 286 g/mol. The number of furan rings is 1. The quantitative estimate of drug-likeness (QED) is 0.337. The van der Waals surface area contributed by atoms with Crippen molar-refractivity contribution in [3.05, 3.63) is 65.6 Å². The maximum absolute atomic E-state index is 11.8. The van der Waals surface area contributed by atoms with Crippen LogP contribution in [-0.2, 0) is 4.79 Å². The molecule has 0 fully saturated rings. The number of hydrogen-bond acceptors (Lipinski definition) is 5. The predicted octanol–water partition coefficient (Wildman–Crippen LogP) is 1.56. The van der Waals surface area contributed by atoms with Crippen LogP contribution >= 0.6 is 0 Å². The molecule has 0 atom stereocenters. The van der Waals surface area contributed by atoms with Crippen LogP contribution in [0.5, 0.6) is 0 Å². The van der Waals surface area contributed by atoms with Crippen molar-refractivity contribution >= 4 is 24.1 Å². The number of carbonyl (C=O) groups is 2. The smallest absolute Gasteiger partial charge is 0.271 e. The van der Waals surface area contributed by atoms with Gasteiger partial charge in [0.25, 0.3) is 11.8 Å². The minimum Gasteiger partial charge on any atom is -0.472 e. The van der Waals surface area contributed by atoms with Gasteiger partial charge in [-0.3, -0.25) is 14.8 Å². The van der Waals surface area contributed by atoms with Crippen LogP contribution in [0.25, 0.3) is 6.08 Å². The van der Waals surface area contributed by atoms with Gasteiger partial charge in [0, 0.05) is 17.2 Å². The third-order valence-electron chi connectivity index (χ3n) is 2.63. The fourth-order valence-corrected chi connectivity index (χ4v) is 1.53. The van der Waals surface area contributed by atoms with E-state index in [2.05, 4.69) is 10.5 Å². The van der Waals surface area contributed by atoms with E-state index in [-0.39, 0.29) is 5.91 Å². The van der Waals surface area contributed by atoms with E-state index in [9.17, 15) is 9.59 Å². The standard InChI is InChI=1S/C15H13N3O4/c19-14(18-21)6-3-11-1-4-13(5-2-11)15(20)17-16-9-12-7-8-22-10-12/h1-10,21H,(H,17,20)(H,18,19). The van der Waals surface area contributed by atoms with Gasteiger partial charge in [-0.15, -0.1) is 0 Å². The van der Waals surface area contributed by atoms with Crippen molar-refractivity contribution in [2.75, 3.05) is 0 Å². The summed E-state index contributed by atoms with van der Waals surface area (Å²) in [5.41, 5.74) is 5.75. The molecule has 1 aromatic heterocycles. The van der Waals surface area contributed by atoms with Crippen molar-refractivity contribution in [1.29, 1.82) is 0 Å². The fraction of sp³-hybridized carbons (Fsp3) is 0. The Morgan fingerprint density at radius 3 is 2.55 bits per heavy atom. The SMILES string of the molecule is O=C(C=Cc1ccc(C(=O)NN=Cc2ccoc2)cc1)NO. The molecule has 0 bridgehead atoms. The number of hydroxylamine groups is 1. The van der Waals surface area contributed by atoms with Crippen LogP contribution in [0.15, 0.2) is 58.5 Å². The molecule has 1 aromatic carbocycles. The molecule has 0 unspecified atom stereocenters. The Bertz CT molecular complexity index is 688. The minimum atomic E-state index is -0.629. The van der Waals surface area contributed by atoms with Crippen LogP contribution in [0, 0.1) is 0 Å². The second-order valence-corrected chi connectivity index (χ2v) is 4.19. The molecule has 1 heterocycles. The lowest BCUT2D eigenvalue weighted by Crippen LogP contribution is -2.17. The van der Waals surface area contributed by atoms with Crippen LogP contribution < -0.4 is 10.9 Å². The molecule has 2 rings (SSSR count). The van der Waals surface area contributed by atoms with Gasteiger partial charge in [0.2, 0.25) is 0 Å². The van der Waals surface area contributed by atoms with E-state index in [1.165, 1.54) is 36.4 Å². The second kappa shape index (κ2) is 7.55. The first-order valence-electron chi connectivity index (χ1n) is 6.27. The number of hydrazone groups is 1. The lowest BCUT2D eigenvalue weighted by atomic mass is 10.1. The maximum Gasteiger partial charge on any atom is 0.271 e. The Hall–Kier alpha value is -3.19. The van der Waals surface area contributed by atoms with E-state index >= 15 is 0 Å². The second-order valence-electron chi connectivity index (χ2n) is 4.19. The molecule has 0 aliphatic rings. The van der Waals surface area contributed by atoms with Crippen molar-refractivity contribution in [2.24, 2.45) is 5.10 Å². The van der Waals surface area contributed by atoms with E-state index in [1.54, 1.807) is 30.3 Å². The summed E-state index contributed by atoms with van der Waals surface area (Å²) in [5, 5.41) is 12.2. The zero-order valence-corrected chi connectivity index (χ0v) is 11.4. The first-order valence-corrected chi connectivity index (χ1v) is 6.27. The third-order valence-corrected chi connectivity index (χ3v) is 2.63. The Balaban J connectivity index is 1.93. The highest BCUT2D eigenvalue weighted by atomic mass is 16.5. The van der Waals surface area contributed by atoms with Crippen molar-refractivity contribution in [3.8, 4) is 0 Å². The molecule has 2 aromatic rings. The van der Waals surface area contributed by atoms with Gasteiger partial charge in [0.15, 0.2) is 0 Å². The molecule has 112 valence electrons. The van der Waals surface area contributed by atoms with Crippen LogP contribution in [0.3, 0.4) is 0 Å². The van der Waals surface area contributed by atoms with Crippen LogP contribution in [0.4, 0.5) is 0 Å². The van der Waals surface area contributed by atoms with E-state index in [0.29, 0.717) is 11.1 Å². The van der Waals surface area contributed by atoms with Gasteiger partial charge in [-0.25, -0.2) is 10.9 Å². The molecule has 2 amide bonds. The Morgan fingerprint density at radius 2 is 1.91 bits per heavy atom. The number of benzene rings is 1. The number of nitrogens with one attached hydrogen (secondary N) is 2. The molecule has 0 spiro atoms. The van der Waals surface area contributed by atoms with E-state index < -0.39 is 5.91 Å². The summed E-state index contributed by atoms with van der Waals surface area (Å²) in [4.78, 5) is 22.7.